The second-order valence-corrected chi connectivity index (χ2v) is 5.69. The van der Waals surface area contributed by atoms with E-state index in [2.05, 4.69) is 24.5 Å². The first kappa shape index (κ1) is 13.9. The predicted octanol–water partition coefficient (Wildman–Crippen LogP) is 2.27. The minimum Gasteiger partial charge on any atom is -0.508 e. The van der Waals surface area contributed by atoms with E-state index in [1.54, 1.807) is 18.2 Å². The topological polar surface area (TPSA) is 61.4 Å². The van der Waals surface area contributed by atoms with Gasteiger partial charge in [-0.3, -0.25) is 4.79 Å². The lowest BCUT2D eigenvalue weighted by Crippen LogP contribution is -2.42. The number of hydrogen-bond acceptors (Lipinski definition) is 3. The fourth-order valence-electron chi connectivity index (χ4n) is 2.69. The molecule has 2 rings (SSSR count). The monoisotopic (exact) mass is 262 g/mol. The molecule has 0 spiro atoms. The van der Waals surface area contributed by atoms with Crippen LogP contribution >= 0.6 is 0 Å². The van der Waals surface area contributed by atoms with Crippen LogP contribution in [-0.4, -0.2) is 24.1 Å². The Morgan fingerprint density at radius 3 is 2.74 bits per heavy atom. The second-order valence-electron chi connectivity index (χ2n) is 5.69. The third-order valence-corrected chi connectivity index (χ3v) is 4.20. The van der Waals surface area contributed by atoms with Crippen LogP contribution in [0.25, 0.3) is 0 Å². The van der Waals surface area contributed by atoms with Crippen LogP contribution in [0.1, 0.15) is 25.8 Å². The molecular weight excluding hydrogens is 240 g/mol. The molecule has 1 unspecified atom stereocenters. The fraction of sp³-hybridized carbons (Fsp3) is 0.533. The van der Waals surface area contributed by atoms with E-state index in [4.69, 9.17) is 0 Å². The van der Waals surface area contributed by atoms with Crippen LogP contribution in [0.4, 0.5) is 5.69 Å². The molecule has 1 saturated heterocycles. The van der Waals surface area contributed by atoms with Crippen LogP contribution in [-0.2, 0) is 4.79 Å². The number of aryl methyl sites for hydroxylation is 1. The molecule has 0 saturated carbocycles. The van der Waals surface area contributed by atoms with Gasteiger partial charge in [0.1, 0.15) is 5.75 Å². The van der Waals surface area contributed by atoms with Crippen molar-refractivity contribution in [2.75, 3.05) is 18.4 Å². The molecule has 1 fully saturated rings. The molecule has 3 N–H and O–H groups in total. The molecule has 1 amide bonds. The number of aromatic hydroxyl groups is 1. The second kappa shape index (κ2) is 5.21. The molecule has 1 aliphatic heterocycles. The van der Waals surface area contributed by atoms with Crippen molar-refractivity contribution in [2.24, 2.45) is 11.3 Å². The molecule has 1 heterocycles. The Hall–Kier alpha value is -1.55. The number of anilines is 1. The van der Waals surface area contributed by atoms with E-state index in [0.29, 0.717) is 5.92 Å². The number of amides is 1. The normalized spacial score (nSPS) is 22.7. The van der Waals surface area contributed by atoms with Crippen LogP contribution in [0, 0.1) is 18.3 Å². The first-order chi connectivity index (χ1) is 8.95. The third-order valence-electron chi connectivity index (χ3n) is 4.20. The molecule has 1 atom stereocenters. The van der Waals surface area contributed by atoms with Crippen molar-refractivity contribution in [1.82, 2.24) is 5.32 Å². The van der Waals surface area contributed by atoms with Crippen molar-refractivity contribution in [3.63, 3.8) is 0 Å². The van der Waals surface area contributed by atoms with Gasteiger partial charge in [-0.25, -0.2) is 0 Å². The number of phenols is 1. The summed E-state index contributed by atoms with van der Waals surface area (Å²) in [4.78, 5) is 12.6. The molecule has 1 aliphatic rings. The molecule has 0 aliphatic carbocycles. The summed E-state index contributed by atoms with van der Waals surface area (Å²) >= 11 is 0. The summed E-state index contributed by atoms with van der Waals surface area (Å²) in [7, 11) is 0. The van der Waals surface area contributed by atoms with Gasteiger partial charge in [0.25, 0.3) is 0 Å². The summed E-state index contributed by atoms with van der Waals surface area (Å²) in [5, 5.41) is 15.7. The summed E-state index contributed by atoms with van der Waals surface area (Å²) in [6.07, 6.45) is 0.869. The van der Waals surface area contributed by atoms with Crippen molar-refractivity contribution in [3.8, 4) is 5.75 Å². The first-order valence-electron chi connectivity index (χ1n) is 6.77. The van der Waals surface area contributed by atoms with Crippen LogP contribution < -0.4 is 10.6 Å². The van der Waals surface area contributed by atoms with Crippen LogP contribution in [0.2, 0.25) is 0 Å². The molecule has 4 heteroatoms. The van der Waals surface area contributed by atoms with Gasteiger partial charge in [0, 0.05) is 12.2 Å². The highest BCUT2D eigenvalue weighted by Crippen LogP contribution is 2.35. The van der Waals surface area contributed by atoms with Crippen molar-refractivity contribution in [1.29, 1.82) is 0 Å². The van der Waals surface area contributed by atoms with E-state index in [0.717, 1.165) is 30.8 Å². The Labute approximate surface area is 114 Å². The first-order valence-corrected chi connectivity index (χ1v) is 6.77. The summed E-state index contributed by atoms with van der Waals surface area (Å²) in [6.45, 7) is 7.69. The highest BCUT2D eigenvalue weighted by atomic mass is 16.3. The smallest absolute Gasteiger partial charge is 0.232 e. The maximum atomic E-state index is 12.6. The average molecular weight is 262 g/mol. The van der Waals surface area contributed by atoms with Crippen LogP contribution in [0.5, 0.6) is 5.75 Å². The van der Waals surface area contributed by atoms with Crippen LogP contribution in [0.3, 0.4) is 0 Å². The third kappa shape index (κ3) is 2.59. The quantitative estimate of drug-likeness (QED) is 0.732. The lowest BCUT2D eigenvalue weighted by Gasteiger charge is -2.31. The van der Waals surface area contributed by atoms with Crippen molar-refractivity contribution < 1.29 is 9.90 Å². The van der Waals surface area contributed by atoms with Crippen molar-refractivity contribution in [3.05, 3.63) is 23.8 Å². The van der Waals surface area contributed by atoms with Gasteiger partial charge in [-0.05, 0) is 49.6 Å². The number of phenolic OH excluding ortho intramolecular Hbond substituents is 1. The van der Waals surface area contributed by atoms with Gasteiger partial charge in [-0.1, -0.05) is 13.8 Å². The number of carbonyl (C=O) groups excluding carboxylic acids is 1. The number of nitrogens with one attached hydrogen (secondary N) is 2. The van der Waals surface area contributed by atoms with Gasteiger partial charge in [0.2, 0.25) is 5.91 Å². The van der Waals surface area contributed by atoms with E-state index in [1.807, 2.05) is 6.92 Å². The highest BCUT2D eigenvalue weighted by Gasteiger charge is 2.43. The molecule has 0 bridgehead atoms. The standard InChI is InChI=1S/C15H22N2O2/c1-10(2)15(6-7-16-9-15)14(19)17-13-5-4-12(18)8-11(13)3/h4-5,8,10,16,18H,6-7,9H2,1-3H3,(H,17,19). The van der Waals surface area contributed by atoms with Gasteiger partial charge in [0.05, 0.1) is 5.41 Å². The van der Waals surface area contributed by atoms with E-state index in [9.17, 15) is 9.90 Å². The number of rotatable bonds is 3. The van der Waals surface area contributed by atoms with Gasteiger partial charge in [0.15, 0.2) is 0 Å². The Balaban J connectivity index is 2.20. The van der Waals surface area contributed by atoms with E-state index >= 15 is 0 Å². The molecule has 0 aromatic heterocycles. The zero-order chi connectivity index (χ0) is 14.0. The zero-order valence-electron chi connectivity index (χ0n) is 11.8. The van der Waals surface area contributed by atoms with E-state index < -0.39 is 0 Å². The molecule has 1 aromatic carbocycles. The summed E-state index contributed by atoms with van der Waals surface area (Å²) in [5.41, 5.74) is 1.32. The lowest BCUT2D eigenvalue weighted by atomic mass is 9.75. The number of carbonyl (C=O) groups is 1. The minimum atomic E-state index is -0.329. The SMILES string of the molecule is Cc1cc(O)ccc1NC(=O)C1(C(C)C)CCNC1. The van der Waals surface area contributed by atoms with Gasteiger partial charge in [-0.2, -0.15) is 0 Å². The Morgan fingerprint density at radius 2 is 2.21 bits per heavy atom. The number of hydrogen-bond donors (Lipinski definition) is 3. The zero-order valence-corrected chi connectivity index (χ0v) is 11.8. The largest absolute Gasteiger partial charge is 0.508 e. The molecule has 0 radical (unpaired) electrons. The number of benzene rings is 1. The van der Waals surface area contributed by atoms with Gasteiger partial charge in [-0.15, -0.1) is 0 Å². The van der Waals surface area contributed by atoms with Crippen molar-refractivity contribution >= 4 is 11.6 Å². The van der Waals surface area contributed by atoms with Crippen molar-refractivity contribution in [2.45, 2.75) is 27.2 Å². The summed E-state index contributed by atoms with van der Waals surface area (Å²) in [6, 6.07) is 5.00. The molecular formula is C15H22N2O2. The Bertz CT molecular complexity index is 477. The van der Waals surface area contributed by atoms with Gasteiger partial charge < -0.3 is 15.7 Å². The molecule has 19 heavy (non-hydrogen) atoms. The van der Waals surface area contributed by atoms with E-state index in [1.165, 1.54) is 0 Å². The minimum absolute atomic E-state index is 0.0706. The average Bonchev–Trinajstić information content (AvgIpc) is 2.83. The lowest BCUT2D eigenvalue weighted by molar-refractivity contribution is -0.126. The Morgan fingerprint density at radius 1 is 1.47 bits per heavy atom. The van der Waals surface area contributed by atoms with E-state index in [-0.39, 0.29) is 17.1 Å². The summed E-state index contributed by atoms with van der Waals surface area (Å²) in [5.74, 6) is 0.581. The van der Waals surface area contributed by atoms with Crippen LogP contribution in [0.15, 0.2) is 18.2 Å². The fourth-order valence-corrected chi connectivity index (χ4v) is 2.69. The molecule has 104 valence electrons. The Kier molecular flexibility index (Phi) is 3.80. The highest BCUT2D eigenvalue weighted by molar-refractivity contribution is 5.96. The summed E-state index contributed by atoms with van der Waals surface area (Å²) < 4.78 is 0. The molecule has 4 nitrogen and oxygen atoms in total. The molecule has 1 aromatic rings. The predicted molar refractivity (Wildman–Crippen MR) is 76.2 cm³/mol. The maximum absolute atomic E-state index is 12.6. The maximum Gasteiger partial charge on any atom is 0.232 e. The van der Waals surface area contributed by atoms with Gasteiger partial charge >= 0.3 is 0 Å².